The quantitative estimate of drug-likeness (QED) is 0.614. The van der Waals surface area contributed by atoms with E-state index in [9.17, 15) is 9.59 Å². The van der Waals surface area contributed by atoms with Gasteiger partial charge in [-0.05, 0) is 22.9 Å². The minimum atomic E-state index is -0.597. The van der Waals surface area contributed by atoms with Gasteiger partial charge in [0.2, 0.25) is 0 Å². The molecule has 0 unspecified atom stereocenters. The molecule has 0 N–H and O–H groups in total. The predicted molar refractivity (Wildman–Crippen MR) is 66.2 cm³/mol. The van der Waals surface area contributed by atoms with Crippen LogP contribution in [0.4, 0.5) is 0 Å². The Hall–Kier alpha value is -2.36. The van der Waals surface area contributed by atoms with Gasteiger partial charge >= 0.3 is 11.9 Å². The van der Waals surface area contributed by atoms with Crippen molar-refractivity contribution < 1.29 is 19.1 Å². The van der Waals surface area contributed by atoms with Gasteiger partial charge in [0, 0.05) is 6.92 Å². The molecule has 0 bridgehead atoms. The molecule has 0 heterocycles. The van der Waals surface area contributed by atoms with E-state index in [1.54, 1.807) is 12.1 Å². The maximum absolute atomic E-state index is 11.4. The van der Waals surface area contributed by atoms with E-state index in [0.717, 1.165) is 10.8 Å². The minimum absolute atomic E-state index is 0.373. The van der Waals surface area contributed by atoms with E-state index >= 15 is 0 Å². The number of ether oxygens (including phenoxy) is 2. The zero-order valence-electron chi connectivity index (χ0n) is 9.88. The van der Waals surface area contributed by atoms with E-state index in [1.807, 2.05) is 30.3 Å². The number of rotatable bonds is 3. The first-order valence-corrected chi connectivity index (χ1v) is 5.48. The number of hydrogen-bond donors (Lipinski definition) is 0. The van der Waals surface area contributed by atoms with Crippen LogP contribution in [0.2, 0.25) is 0 Å². The van der Waals surface area contributed by atoms with Gasteiger partial charge in [-0.1, -0.05) is 30.3 Å². The Morgan fingerprint density at radius 1 is 1.06 bits per heavy atom. The van der Waals surface area contributed by atoms with E-state index in [2.05, 4.69) is 4.74 Å². The smallest absolute Gasteiger partial charge is 0.349 e. The molecule has 0 aliphatic carbocycles. The molecular weight excluding hydrogens is 232 g/mol. The van der Waals surface area contributed by atoms with Crippen LogP contribution in [-0.4, -0.2) is 18.5 Å². The molecule has 18 heavy (non-hydrogen) atoms. The summed E-state index contributed by atoms with van der Waals surface area (Å²) >= 11 is 0. The van der Waals surface area contributed by atoms with Crippen LogP contribution in [0.15, 0.2) is 42.5 Å². The second-order valence-electron chi connectivity index (χ2n) is 3.76. The minimum Gasteiger partial charge on any atom is -0.454 e. The summed E-state index contributed by atoms with van der Waals surface area (Å²) < 4.78 is 9.61. The molecule has 2 rings (SSSR count). The van der Waals surface area contributed by atoms with E-state index in [4.69, 9.17) is 4.74 Å². The summed E-state index contributed by atoms with van der Waals surface area (Å²) in [6.07, 6.45) is 0. The Labute approximate surface area is 104 Å². The maximum Gasteiger partial charge on any atom is 0.349 e. The zero-order valence-corrected chi connectivity index (χ0v) is 9.88. The fourth-order valence-corrected chi connectivity index (χ4v) is 1.55. The van der Waals surface area contributed by atoms with Gasteiger partial charge in [-0.2, -0.15) is 0 Å². The molecule has 92 valence electrons. The highest BCUT2D eigenvalue weighted by Crippen LogP contribution is 2.20. The summed E-state index contributed by atoms with van der Waals surface area (Å²) in [7, 11) is 0. The highest BCUT2D eigenvalue weighted by molar-refractivity contribution is 5.85. The first kappa shape index (κ1) is 12.1. The van der Waals surface area contributed by atoms with Crippen LogP contribution in [0.5, 0.6) is 5.75 Å². The molecule has 0 amide bonds. The Kier molecular flexibility index (Phi) is 3.57. The van der Waals surface area contributed by atoms with Crippen LogP contribution in [0.1, 0.15) is 6.92 Å². The molecule has 0 aliphatic heterocycles. The average Bonchev–Trinajstić information content (AvgIpc) is 2.36. The number of fused-ring (bicyclic) bond motifs is 1. The van der Waals surface area contributed by atoms with Crippen LogP contribution in [0.25, 0.3) is 10.8 Å². The van der Waals surface area contributed by atoms with Crippen LogP contribution < -0.4 is 4.74 Å². The molecule has 0 saturated carbocycles. The van der Waals surface area contributed by atoms with E-state index < -0.39 is 11.9 Å². The lowest BCUT2D eigenvalue weighted by Crippen LogP contribution is -2.17. The SMILES string of the molecule is CC(=O)OCC(=O)Oc1ccc2ccccc2c1. The summed E-state index contributed by atoms with van der Waals surface area (Å²) in [5, 5.41) is 2.05. The normalized spacial score (nSPS) is 10.1. The van der Waals surface area contributed by atoms with Crippen LogP contribution in [-0.2, 0) is 14.3 Å². The van der Waals surface area contributed by atoms with Gasteiger partial charge < -0.3 is 9.47 Å². The lowest BCUT2D eigenvalue weighted by atomic mass is 10.1. The van der Waals surface area contributed by atoms with Crippen molar-refractivity contribution in [3.8, 4) is 5.75 Å². The predicted octanol–water partition coefficient (Wildman–Crippen LogP) is 2.31. The highest BCUT2D eigenvalue weighted by atomic mass is 16.6. The second kappa shape index (κ2) is 5.31. The molecule has 0 aromatic heterocycles. The Morgan fingerprint density at radius 2 is 1.78 bits per heavy atom. The molecule has 2 aromatic rings. The zero-order chi connectivity index (χ0) is 13.0. The Morgan fingerprint density at radius 3 is 2.50 bits per heavy atom. The summed E-state index contributed by atoms with van der Waals surface area (Å²) in [6.45, 7) is 0.867. The molecule has 4 nitrogen and oxygen atoms in total. The van der Waals surface area contributed by atoms with Gasteiger partial charge in [-0.25, -0.2) is 4.79 Å². The fourth-order valence-electron chi connectivity index (χ4n) is 1.55. The molecule has 0 radical (unpaired) electrons. The molecule has 0 spiro atoms. The molecule has 4 heteroatoms. The topological polar surface area (TPSA) is 52.6 Å². The van der Waals surface area contributed by atoms with Crippen LogP contribution >= 0.6 is 0 Å². The second-order valence-corrected chi connectivity index (χ2v) is 3.76. The van der Waals surface area contributed by atoms with Crippen molar-refractivity contribution in [1.82, 2.24) is 0 Å². The summed E-state index contributed by atoms with van der Waals surface area (Å²) in [5.41, 5.74) is 0. The summed E-state index contributed by atoms with van der Waals surface area (Å²) in [6, 6.07) is 13.1. The van der Waals surface area contributed by atoms with Crippen molar-refractivity contribution in [1.29, 1.82) is 0 Å². The van der Waals surface area contributed by atoms with Crippen molar-refractivity contribution in [3.63, 3.8) is 0 Å². The fraction of sp³-hybridized carbons (Fsp3) is 0.143. The number of esters is 2. The number of carbonyl (C=O) groups is 2. The first-order valence-electron chi connectivity index (χ1n) is 5.48. The van der Waals surface area contributed by atoms with Gasteiger partial charge in [0.05, 0.1) is 0 Å². The molecule has 0 saturated heterocycles. The highest BCUT2D eigenvalue weighted by Gasteiger charge is 2.07. The van der Waals surface area contributed by atoms with Gasteiger partial charge in [0.1, 0.15) is 5.75 Å². The van der Waals surface area contributed by atoms with E-state index in [1.165, 1.54) is 6.92 Å². The third-order valence-corrected chi connectivity index (χ3v) is 2.35. The molecule has 0 atom stereocenters. The van der Waals surface area contributed by atoms with Crippen molar-refractivity contribution >= 4 is 22.7 Å². The lowest BCUT2D eigenvalue weighted by Gasteiger charge is -2.05. The number of carbonyl (C=O) groups excluding carboxylic acids is 2. The molecule has 2 aromatic carbocycles. The molecule has 0 aliphatic rings. The summed E-state index contributed by atoms with van der Waals surface area (Å²) in [5.74, 6) is -0.670. The van der Waals surface area contributed by atoms with E-state index in [0.29, 0.717) is 5.75 Å². The van der Waals surface area contributed by atoms with Crippen LogP contribution in [0, 0.1) is 0 Å². The first-order chi connectivity index (χ1) is 8.65. The molecular formula is C14H12O4. The maximum atomic E-state index is 11.4. The monoisotopic (exact) mass is 244 g/mol. The number of hydrogen-bond acceptors (Lipinski definition) is 4. The standard InChI is InChI=1S/C14H12O4/c1-10(15)17-9-14(16)18-13-7-6-11-4-2-3-5-12(11)8-13/h2-8H,9H2,1H3. The van der Waals surface area contributed by atoms with Gasteiger partial charge in [-0.3, -0.25) is 4.79 Å². The van der Waals surface area contributed by atoms with E-state index in [-0.39, 0.29) is 6.61 Å². The van der Waals surface area contributed by atoms with Crippen molar-refractivity contribution in [2.24, 2.45) is 0 Å². The third-order valence-electron chi connectivity index (χ3n) is 2.35. The van der Waals surface area contributed by atoms with Gasteiger partial charge in [-0.15, -0.1) is 0 Å². The van der Waals surface area contributed by atoms with Gasteiger partial charge in [0.25, 0.3) is 0 Å². The average molecular weight is 244 g/mol. The largest absolute Gasteiger partial charge is 0.454 e. The van der Waals surface area contributed by atoms with Gasteiger partial charge in [0.15, 0.2) is 6.61 Å². The van der Waals surface area contributed by atoms with Crippen molar-refractivity contribution in [2.45, 2.75) is 6.92 Å². The number of benzene rings is 2. The lowest BCUT2D eigenvalue weighted by molar-refractivity contribution is -0.152. The van der Waals surface area contributed by atoms with Crippen molar-refractivity contribution in [2.75, 3.05) is 6.61 Å². The summed E-state index contributed by atoms with van der Waals surface area (Å²) in [4.78, 5) is 21.9. The third kappa shape index (κ3) is 3.07. The Balaban J connectivity index is 2.07. The van der Waals surface area contributed by atoms with Crippen molar-refractivity contribution in [3.05, 3.63) is 42.5 Å². The van der Waals surface area contributed by atoms with Crippen LogP contribution in [0.3, 0.4) is 0 Å². The Bertz CT molecular complexity index is 589. The molecule has 0 fully saturated rings.